The molecule has 1 aromatic heterocycles. The standard InChI is InChI=1S/C38H37N7/c1-37(2)29-11-7-9-13-33(29)43(5)35(37)21-23-39-26-15-18-28(19-16-26)45-41-31-20-17-27(25-32(31)42-45)40-24-22-36-38(3,4)30-12-8-10-14-34(30)44(36)6/h7-25H,1-6H3/b35-21+,36-22+,39-23?,40-24?. The van der Waals surface area contributed by atoms with Crippen LogP contribution in [0.25, 0.3) is 16.7 Å². The third kappa shape index (κ3) is 4.85. The van der Waals surface area contributed by atoms with Gasteiger partial charge in [-0.15, -0.1) is 10.2 Å². The van der Waals surface area contributed by atoms with Crippen molar-refractivity contribution >= 4 is 46.2 Å². The number of aliphatic imine (C=N–C) groups is 2. The Kier molecular flexibility index (Phi) is 6.77. The highest BCUT2D eigenvalue weighted by atomic mass is 15.5. The molecule has 7 rings (SSSR count). The lowest BCUT2D eigenvalue weighted by Crippen LogP contribution is -2.23. The molecule has 0 bridgehead atoms. The smallest absolute Gasteiger partial charge is 0.115 e. The maximum absolute atomic E-state index is 4.73. The van der Waals surface area contributed by atoms with E-state index in [4.69, 9.17) is 15.1 Å². The molecule has 7 nitrogen and oxygen atoms in total. The van der Waals surface area contributed by atoms with Crippen LogP contribution in [-0.2, 0) is 10.8 Å². The zero-order valence-electron chi connectivity index (χ0n) is 26.6. The van der Waals surface area contributed by atoms with E-state index in [2.05, 4.69) is 117 Å². The summed E-state index contributed by atoms with van der Waals surface area (Å²) in [6, 6.07) is 31.0. The lowest BCUT2D eigenvalue weighted by molar-refractivity contribution is 0.641. The highest BCUT2D eigenvalue weighted by Gasteiger charge is 2.38. The molecule has 0 radical (unpaired) electrons. The summed E-state index contributed by atoms with van der Waals surface area (Å²) in [5.74, 6) is 0. The Morgan fingerprint density at radius 2 is 1.07 bits per heavy atom. The van der Waals surface area contributed by atoms with Crippen LogP contribution in [0.15, 0.2) is 125 Å². The van der Waals surface area contributed by atoms with Crippen LogP contribution < -0.4 is 9.80 Å². The normalized spacial score (nSPS) is 18.6. The van der Waals surface area contributed by atoms with E-state index < -0.39 is 0 Å². The fourth-order valence-electron chi connectivity index (χ4n) is 6.76. The number of rotatable bonds is 5. The minimum Gasteiger partial charge on any atom is -0.347 e. The maximum Gasteiger partial charge on any atom is 0.115 e. The summed E-state index contributed by atoms with van der Waals surface area (Å²) in [7, 11) is 4.23. The van der Waals surface area contributed by atoms with Crippen LogP contribution in [-0.4, -0.2) is 41.5 Å². The Balaban J connectivity index is 1.06. The van der Waals surface area contributed by atoms with E-state index >= 15 is 0 Å². The van der Waals surface area contributed by atoms with Crippen LogP contribution in [0.3, 0.4) is 0 Å². The van der Waals surface area contributed by atoms with Crippen molar-refractivity contribution < 1.29 is 0 Å². The van der Waals surface area contributed by atoms with Crippen LogP contribution in [0.1, 0.15) is 38.8 Å². The van der Waals surface area contributed by atoms with Gasteiger partial charge in [-0.1, -0.05) is 64.1 Å². The molecule has 2 aliphatic rings. The van der Waals surface area contributed by atoms with Gasteiger partial charge in [-0.3, -0.25) is 9.98 Å². The molecule has 4 aromatic carbocycles. The molecule has 7 heteroatoms. The maximum atomic E-state index is 4.73. The molecule has 0 saturated heterocycles. The third-order valence-electron chi connectivity index (χ3n) is 9.24. The van der Waals surface area contributed by atoms with Crippen LogP contribution in [0.2, 0.25) is 0 Å². The molecule has 0 unspecified atom stereocenters. The summed E-state index contributed by atoms with van der Waals surface area (Å²) < 4.78 is 0. The second-order valence-corrected chi connectivity index (χ2v) is 12.7. The quantitative estimate of drug-likeness (QED) is 0.192. The first kappa shape index (κ1) is 28.5. The summed E-state index contributed by atoms with van der Waals surface area (Å²) in [6.07, 6.45) is 7.98. The van der Waals surface area contributed by atoms with Crippen LogP contribution in [0.4, 0.5) is 22.7 Å². The second kappa shape index (κ2) is 10.7. The van der Waals surface area contributed by atoms with Gasteiger partial charge in [0.15, 0.2) is 0 Å². The van der Waals surface area contributed by atoms with Crippen molar-refractivity contribution in [3.63, 3.8) is 0 Å². The van der Waals surface area contributed by atoms with Gasteiger partial charge in [0.1, 0.15) is 11.0 Å². The fraction of sp³-hybridized carbons (Fsp3) is 0.211. The molecule has 0 atom stereocenters. The molecule has 3 heterocycles. The number of para-hydroxylation sites is 2. The van der Waals surface area contributed by atoms with Gasteiger partial charge in [0.05, 0.1) is 17.1 Å². The van der Waals surface area contributed by atoms with E-state index in [0.717, 1.165) is 28.1 Å². The van der Waals surface area contributed by atoms with Gasteiger partial charge in [0, 0.05) is 60.1 Å². The van der Waals surface area contributed by atoms with Gasteiger partial charge in [-0.05, 0) is 77.9 Å². The molecule has 5 aromatic rings. The lowest BCUT2D eigenvalue weighted by atomic mass is 9.84. The van der Waals surface area contributed by atoms with Gasteiger partial charge in [-0.25, -0.2) is 0 Å². The Hall–Kier alpha value is -5.30. The van der Waals surface area contributed by atoms with E-state index in [1.165, 1.54) is 33.9 Å². The minimum absolute atomic E-state index is 0.0758. The molecule has 0 N–H and O–H groups in total. The molecular weight excluding hydrogens is 554 g/mol. The third-order valence-corrected chi connectivity index (χ3v) is 9.24. The Morgan fingerprint density at radius 1 is 0.578 bits per heavy atom. The molecule has 45 heavy (non-hydrogen) atoms. The number of benzene rings is 4. The predicted octanol–water partition coefficient (Wildman–Crippen LogP) is 8.45. The summed E-state index contributed by atoms with van der Waals surface area (Å²) in [4.78, 5) is 15.6. The lowest BCUT2D eigenvalue weighted by Gasteiger charge is -2.23. The van der Waals surface area contributed by atoms with Crippen molar-refractivity contribution in [2.45, 2.75) is 38.5 Å². The van der Waals surface area contributed by atoms with Gasteiger partial charge in [-0.2, -0.15) is 4.80 Å². The van der Waals surface area contributed by atoms with E-state index in [0.29, 0.717) is 0 Å². The minimum atomic E-state index is -0.0850. The number of hydrogen-bond donors (Lipinski definition) is 0. The van der Waals surface area contributed by atoms with Crippen molar-refractivity contribution in [2.75, 3.05) is 23.9 Å². The average molecular weight is 592 g/mol. The van der Waals surface area contributed by atoms with Crippen molar-refractivity contribution in [2.24, 2.45) is 9.98 Å². The van der Waals surface area contributed by atoms with E-state index in [1.807, 2.05) is 54.9 Å². The highest BCUT2D eigenvalue weighted by molar-refractivity contribution is 5.84. The SMILES string of the molecule is CN1/C(=C/C=Nc2ccc(-n3nc4ccc(N=C/C=C5/N(C)c6ccccc6C5(C)C)cc4n3)cc2)C(C)(C)c2ccccc21. The molecule has 0 fully saturated rings. The zero-order chi connectivity index (χ0) is 31.3. The Morgan fingerprint density at radius 3 is 1.62 bits per heavy atom. The molecule has 0 spiro atoms. The molecule has 0 saturated carbocycles. The van der Waals surface area contributed by atoms with E-state index in [9.17, 15) is 0 Å². The first-order chi connectivity index (χ1) is 21.6. The first-order valence-electron chi connectivity index (χ1n) is 15.3. The summed E-state index contributed by atoms with van der Waals surface area (Å²) in [6.45, 7) is 9.02. The summed E-state index contributed by atoms with van der Waals surface area (Å²) in [5.41, 5.74) is 11.6. The van der Waals surface area contributed by atoms with Gasteiger partial charge in [0.2, 0.25) is 0 Å². The number of nitrogens with zero attached hydrogens (tertiary/aromatic N) is 7. The van der Waals surface area contributed by atoms with Gasteiger partial charge in [0.25, 0.3) is 0 Å². The van der Waals surface area contributed by atoms with Crippen molar-refractivity contribution in [1.29, 1.82) is 0 Å². The average Bonchev–Trinajstić information content (AvgIpc) is 3.61. The Bertz CT molecular complexity index is 2040. The van der Waals surface area contributed by atoms with Gasteiger partial charge < -0.3 is 9.80 Å². The van der Waals surface area contributed by atoms with Crippen molar-refractivity contribution in [1.82, 2.24) is 15.0 Å². The molecule has 2 aliphatic heterocycles. The fourth-order valence-corrected chi connectivity index (χ4v) is 6.76. The van der Waals surface area contributed by atoms with Crippen molar-refractivity contribution in [3.8, 4) is 5.69 Å². The van der Waals surface area contributed by atoms with E-state index in [1.54, 1.807) is 4.80 Å². The van der Waals surface area contributed by atoms with Crippen LogP contribution in [0, 0.1) is 0 Å². The van der Waals surface area contributed by atoms with Crippen molar-refractivity contribution in [3.05, 3.63) is 126 Å². The van der Waals surface area contributed by atoms with Crippen LogP contribution in [0.5, 0.6) is 0 Å². The number of likely N-dealkylation sites (N-methyl/N-ethyl adjacent to an activating group) is 2. The van der Waals surface area contributed by atoms with Gasteiger partial charge >= 0.3 is 0 Å². The monoisotopic (exact) mass is 591 g/mol. The summed E-state index contributed by atoms with van der Waals surface area (Å²) in [5, 5.41) is 9.42. The number of anilines is 2. The first-order valence-corrected chi connectivity index (χ1v) is 15.3. The predicted molar refractivity (Wildman–Crippen MR) is 187 cm³/mol. The topological polar surface area (TPSA) is 61.9 Å². The number of fused-ring (bicyclic) bond motifs is 3. The molecule has 224 valence electrons. The zero-order valence-corrected chi connectivity index (χ0v) is 26.6. The largest absolute Gasteiger partial charge is 0.347 e. The summed E-state index contributed by atoms with van der Waals surface area (Å²) >= 11 is 0. The Labute approximate surface area is 264 Å². The molecule has 0 amide bonds. The molecular formula is C38H37N7. The second-order valence-electron chi connectivity index (χ2n) is 12.7. The molecule has 0 aliphatic carbocycles. The van der Waals surface area contributed by atoms with Crippen LogP contribution >= 0.6 is 0 Å². The number of allylic oxidation sites excluding steroid dienone is 4. The highest BCUT2D eigenvalue weighted by Crippen LogP contribution is 2.47. The number of hydrogen-bond acceptors (Lipinski definition) is 6. The van der Waals surface area contributed by atoms with E-state index in [-0.39, 0.29) is 10.8 Å². The number of aromatic nitrogens is 3.